The highest BCUT2D eigenvalue weighted by molar-refractivity contribution is 5.97. The van der Waals surface area contributed by atoms with E-state index in [1.807, 2.05) is 13.8 Å². The summed E-state index contributed by atoms with van der Waals surface area (Å²) in [6.45, 7) is 6.72. The molecule has 1 N–H and O–H groups in total. The van der Waals surface area contributed by atoms with Crippen molar-refractivity contribution in [2.45, 2.75) is 33.5 Å². The van der Waals surface area contributed by atoms with Crippen LogP contribution in [0.2, 0.25) is 0 Å². The first-order valence-electron chi connectivity index (χ1n) is 9.47. The maximum atomic E-state index is 12.5. The maximum absolute atomic E-state index is 12.5. The van der Waals surface area contributed by atoms with Crippen LogP contribution in [0.3, 0.4) is 0 Å². The first-order valence-corrected chi connectivity index (χ1v) is 9.47. The van der Waals surface area contributed by atoms with Crippen molar-refractivity contribution in [1.82, 2.24) is 0 Å². The molecule has 0 fully saturated rings. The Bertz CT molecular complexity index is 819. The number of carbonyl (C=O) groups is 2. The van der Waals surface area contributed by atoms with Gasteiger partial charge in [0.05, 0.1) is 25.9 Å². The molecule has 7 nitrogen and oxygen atoms in total. The van der Waals surface area contributed by atoms with E-state index in [9.17, 15) is 9.59 Å². The normalized spacial score (nSPS) is 11.4. The van der Waals surface area contributed by atoms with Crippen LogP contribution in [0.5, 0.6) is 11.5 Å². The molecule has 0 saturated carbocycles. The third-order valence-electron chi connectivity index (χ3n) is 4.06. The van der Waals surface area contributed by atoms with Gasteiger partial charge in [-0.3, -0.25) is 4.79 Å². The maximum Gasteiger partial charge on any atom is 0.338 e. The minimum Gasteiger partial charge on any atom is -0.496 e. The molecular formula is C22H27NO6. The summed E-state index contributed by atoms with van der Waals surface area (Å²) in [5, 5.41) is 2.71. The second kappa shape index (κ2) is 11.1. The van der Waals surface area contributed by atoms with Gasteiger partial charge in [0.2, 0.25) is 0 Å². The largest absolute Gasteiger partial charge is 0.496 e. The molecule has 29 heavy (non-hydrogen) atoms. The van der Waals surface area contributed by atoms with E-state index in [0.29, 0.717) is 42.6 Å². The summed E-state index contributed by atoms with van der Waals surface area (Å²) in [6.07, 6.45) is -0.966. The summed E-state index contributed by atoms with van der Waals surface area (Å²) >= 11 is 0. The fourth-order valence-corrected chi connectivity index (χ4v) is 2.56. The molecule has 156 valence electrons. The van der Waals surface area contributed by atoms with Gasteiger partial charge in [0.1, 0.15) is 11.5 Å². The zero-order chi connectivity index (χ0) is 21.2. The number of esters is 1. The average molecular weight is 401 g/mol. The zero-order valence-electron chi connectivity index (χ0n) is 17.2. The van der Waals surface area contributed by atoms with Crippen molar-refractivity contribution in [3.8, 4) is 11.5 Å². The lowest BCUT2D eigenvalue weighted by atomic mass is 10.1. The minimum atomic E-state index is -0.966. The van der Waals surface area contributed by atoms with Crippen LogP contribution in [-0.2, 0) is 20.9 Å². The molecule has 2 aromatic carbocycles. The van der Waals surface area contributed by atoms with Gasteiger partial charge in [-0.05, 0) is 63.2 Å². The number of ether oxygens (including phenoxy) is 4. The number of amides is 1. The van der Waals surface area contributed by atoms with E-state index >= 15 is 0 Å². The Morgan fingerprint density at radius 1 is 1.03 bits per heavy atom. The Labute approximate surface area is 170 Å². The second-order valence-corrected chi connectivity index (χ2v) is 6.16. The van der Waals surface area contributed by atoms with Crippen molar-refractivity contribution in [2.24, 2.45) is 0 Å². The van der Waals surface area contributed by atoms with E-state index < -0.39 is 18.0 Å². The summed E-state index contributed by atoms with van der Waals surface area (Å²) in [5.74, 6) is 0.314. The third kappa shape index (κ3) is 6.50. The molecule has 2 rings (SSSR count). The third-order valence-corrected chi connectivity index (χ3v) is 4.06. The molecular weight excluding hydrogens is 374 g/mol. The Kier molecular flexibility index (Phi) is 8.48. The SMILES string of the molecule is CCOCc1cc(C(=O)O[C@H](C)C(=O)Nc2ccc(OCC)cc2)ccc1OC. The molecule has 0 aromatic heterocycles. The van der Waals surface area contributed by atoms with Crippen molar-refractivity contribution in [2.75, 3.05) is 25.6 Å². The molecule has 0 unspecified atom stereocenters. The van der Waals surface area contributed by atoms with E-state index in [-0.39, 0.29) is 0 Å². The van der Waals surface area contributed by atoms with Gasteiger partial charge in [-0.1, -0.05) is 0 Å². The van der Waals surface area contributed by atoms with Crippen LogP contribution in [0.25, 0.3) is 0 Å². The summed E-state index contributed by atoms with van der Waals surface area (Å²) in [4.78, 5) is 24.8. The van der Waals surface area contributed by atoms with Crippen LogP contribution in [0.4, 0.5) is 5.69 Å². The topological polar surface area (TPSA) is 83.1 Å². The quantitative estimate of drug-likeness (QED) is 0.610. The number of methoxy groups -OCH3 is 1. The summed E-state index contributed by atoms with van der Waals surface area (Å²) in [7, 11) is 1.55. The molecule has 7 heteroatoms. The summed E-state index contributed by atoms with van der Waals surface area (Å²) in [6, 6.07) is 11.9. The zero-order valence-corrected chi connectivity index (χ0v) is 17.2. The Morgan fingerprint density at radius 3 is 2.38 bits per heavy atom. The molecule has 1 atom stereocenters. The van der Waals surface area contributed by atoms with Crippen LogP contribution < -0.4 is 14.8 Å². The lowest BCUT2D eigenvalue weighted by Crippen LogP contribution is -2.30. The number of nitrogens with one attached hydrogen (secondary N) is 1. The molecule has 1 amide bonds. The highest BCUT2D eigenvalue weighted by Gasteiger charge is 2.20. The fourth-order valence-electron chi connectivity index (χ4n) is 2.56. The smallest absolute Gasteiger partial charge is 0.338 e. The number of hydrogen-bond donors (Lipinski definition) is 1. The number of anilines is 1. The van der Waals surface area contributed by atoms with Gasteiger partial charge >= 0.3 is 5.97 Å². The average Bonchev–Trinajstić information content (AvgIpc) is 2.73. The number of hydrogen-bond acceptors (Lipinski definition) is 6. The van der Waals surface area contributed by atoms with E-state index in [1.54, 1.807) is 49.6 Å². The predicted octanol–water partition coefficient (Wildman–Crippen LogP) is 3.81. The second-order valence-electron chi connectivity index (χ2n) is 6.16. The van der Waals surface area contributed by atoms with Gasteiger partial charge in [-0.15, -0.1) is 0 Å². The Hall–Kier alpha value is -3.06. The monoisotopic (exact) mass is 401 g/mol. The molecule has 0 aliphatic carbocycles. The van der Waals surface area contributed by atoms with Crippen LogP contribution >= 0.6 is 0 Å². The Balaban J connectivity index is 1.99. The standard InChI is InChI=1S/C22H27NO6/c1-5-27-14-17-13-16(7-12-20(17)26-4)22(25)29-15(3)21(24)23-18-8-10-19(11-9-18)28-6-2/h7-13,15H,5-6,14H2,1-4H3,(H,23,24)/t15-/m1/s1. The van der Waals surface area contributed by atoms with Gasteiger partial charge in [0, 0.05) is 17.9 Å². The molecule has 2 aromatic rings. The molecule has 0 heterocycles. The van der Waals surface area contributed by atoms with Crippen LogP contribution in [-0.4, -0.2) is 38.3 Å². The number of benzene rings is 2. The highest BCUT2D eigenvalue weighted by Crippen LogP contribution is 2.22. The molecule has 0 bridgehead atoms. The first kappa shape index (κ1) is 22.2. The minimum absolute atomic E-state index is 0.314. The molecule has 0 saturated heterocycles. The lowest BCUT2D eigenvalue weighted by molar-refractivity contribution is -0.123. The van der Waals surface area contributed by atoms with E-state index in [4.69, 9.17) is 18.9 Å². The number of rotatable bonds is 10. The van der Waals surface area contributed by atoms with E-state index in [2.05, 4.69) is 5.32 Å². The van der Waals surface area contributed by atoms with Crippen molar-refractivity contribution in [3.05, 3.63) is 53.6 Å². The van der Waals surface area contributed by atoms with Gasteiger partial charge in [-0.2, -0.15) is 0 Å². The van der Waals surface area contributed by atoms with Gasteiger partial charge in [0.15, 0.2) is 6.10 Å². The van der Waals surface area contributed by atoms with Gasteiger partial charge in [0.25, 0.3) is 5.91 Å². The van der Waals surface area contributed by atoms with Crippen LogP contribution in [0, 0.1) is 0 Å². The lowest BCUT2D eigenvalue weighted by Gasteiger charge is -2.15. The highest BCUT2D eigenvalue weighted by atomic mass is 16.5. The Morgan fingerprint density at radius 2 is 1.76 bits per heavy atom. The first-order chi connectivity index (χ1) is 14.0. The van der Waals surface area contributed by atoms with Crippen molar-refractivity contribution < 1.29 is 28.5 Å². The van der Waals surface area contributed by atoms with E-state index in [0.717, 1.165) is 5.56 Å². The molecule has 0 spiro atoms. The fraction of sp³-hybridized carbons (Fsp3) is 0.364. The predicted molar refractivity (Wildman–Crippen MR) is 109 cm³/mol. The van der Waals surface area contributed by atoms with Crippen molar-refractivity contribution in [3.63, 3.8) is 0 Å². The molecule has 0 aliphatic heterocycles. The molecule has 0 radical (unpaired) electrons. The van der Waals surface area contributed by atoms with E-state index in [1.165, 1.54) is 6.92 Å². The summed E-state index contributed by atoms with van der Waals surface area (Å²) in [5.41, 5.74) is 1.64. The van der Waals surface area contributed by atoms with Gasteiger partial charge < -0.3 is 24.3 Å². The molecule has 0 aliphatic rings. The summed E-state index contributed by atoms with van der Waals surface area (Å²) < 4.78 is 21.4. The van der Waals surface area contributed by atoms with Crippen LogP contribution in [0.1, 0.15) is 36.7 Å². The van der Waals surface area contributed by atoms with Crippen LogP contribution in [0.15, 0.2) is 42.5 Å². The number of carbonyl (C=O) groups excluding carboxylic acids is 2. The van der Waals surface area contributed by atoms with Gasteiger partial charge in [-0.25, -0.2) is 4.79 Å². The van der Waals surface area contributed by atoms with Crippen molar-refractivity contribution in [1.29, 1.82) is 0 Å². The van der Waals surface area contributed by atoms with Crippen molar-refractivity contribution >= 4 is 17.6 Å².